The molecule has 3 unspecified atom stereocenters. The second kappa shape index (κ2) is 74.6. The van der Waals surface area contributed by atoms with Gasteiger partial charge in [-0.25, -0.2) is 9.13 Å². The number of ether oxygens (including phenoxy) is 4. The Kier molecular flexibility index (Phi) is 72.9. The molecule has 3 N–H and O–H groups in total. The lowest BCUT2D eigenvalue weighted by molar-refractivity contribution is -0.161. The molecule has 0 saturated carbocycles. The lowest BCUT2D eigenvalue weighted by Gasteiger charge is -2.21. The van der Waals surface area contributed by atoms with Crippen molar-refractivity contribution in [3.8, 4) is 0 Å². The van der Waals surface area contributed by atoms with E-state index in [0.717, 1.165) is 121 Å². The Balaban J connectivity index is 5.23. The molecule has 0 amide bonds. The molecule has 19 heteroatoms. The molecule has 0 bridgehead atoms. The zero-order chi connectivity index (χ0) is 76.5. The predicted molar refractivity (Wildman–Crippen MR) is 427 cm³/mol. The van der Waals surface area contributed by atoms with Crippen LogP contribution in [-0.2, 0) is 65.4 Å². The van der Waals surface area contributed by atoms with Crippen LogP contribution in [0.1, 0.15) is 421 Å². The van der Waals surface area contributed by atoms with E-state index in [2.05, 4.69) is 72.8 Å². The third-order valence-electron chi connectivity index (χ3n) is 19.6. The van der Waals surface area contributed by atoms with Crippen LogP contribution in [0, 0.1) is 17.8 Å². The normalized spacial score (nSPS) is 14.3. The maximum absolute atomic E-state index is 13.1. The predicted octanol–water partition coefficient (Wildman–Crippen LogP) is 25.3. The first-order valence-corrected chi connectivity index (χ1v) is 46.2. The van der Waals surface area contributed by atoms with Crippen molar-refractivity contribution in [2.45, 2.75) is 439 Å². The number of carbonyl (C=O) groups is 4. The van der Waals surface area contributed by atoms with Crippen LogP contribution < -0.4 is 0 Å². The number of rotatable bonds is 81. The first-order chi connectivity index (χ1) is 50.3. The van der Waals surface area contributed by atoms with Gasteiger partial charge in [-0.05, 0) is 69.1 Å². The quantitative estimate of drug-likeness (QED) is 0.0169. The third-order valence-corrected chi connectivity index (χ3v) is 21.5. The molecule has 0 saturated heterocycles. The second-order valence-corrected chi connectivity index (χ2v) is 34.0. The average molecular weight is 1520 g/mol. The van der Waals surface area contributed by atoms with Crippen LogP contribution in [0.25, 0.3) is 0 Å². The Labute approximate surface area is 637 Å². The van der Waals surface area contributed by atoms with E-state index in [1.54, 1.807) is 0 Å². The Morgan fingerprint density at radius 3 is 0.856 bits per heavy atom. The minimum absolute atomic E-state index is 0.0840. The van der Waals surface area contributed by atoms with Gasteiger partial charge in [-0.3, -0.25) is 37.3 Å². The number of hydrogen-bond donors (Lipinski definition) is 3. The molecule has 0 rings (SSSR count). The van der Waals surface area contributed by atoms with Crippen molar-refractivity contribution in [1.82, 2.24) is 0 Å². The van der Waals surface area contributed by atoms with Crippen LogP contribution in [0.5, 0.6) is 0 Å². The average Bonchev–Trinajstić information content (AvgIpc) is 0.905. The number of phosphoric acid groups is 2. The number of aliphatic hydroxyl groups is 1. The maximum Gasteiger partial charge on any atom is 0.472 e. The Morgan fingerprint density at radius 1 is 0.317 bits per heavy atom. The molecule has 0 fully saturated rings. The van der Waals surface area contributed by atoms with Crippen LogP contribution >= 0.6 is 15.6 Å². The smallest absolute Gasteiger partial charge is 0.462 e. The van der Waals surface area contributed by atoms with Gasteiger partial charge in [-0.15, -0.1) is 0 Å². The van der Waals surface area contributed by atoms with Crippen molar-refractivity contribution < 1.29 is 80.2 Å². The van der Waals surface area contributed by atoms with Crippen LogP contribution in [0.15, 0.2) is 24.3 Å². The SMILES string of the molecule is CCCCCC/C=C\C=C/CCCCCCCC(=O)O[C@H](COC(=O)CCCCCCCCC(C)C)COP(=O)(O)OC[C@H](O)COP(=O)(O)OC[C@@H](COC(=O)CCCCCCCCCCCCCCCCCCCCC(C)CC)OC(=O)CCCCCCCCCCCCCCCCCC(C)C. The highest BCUT2D eigenvalue weighted by Gasteiger charge is 2.30. The van der Waals surface area contributed by atoms with Gasteiger partial charge in [0.1, 0.15) is 19.3 Å². The highest BCUT2D eigenvalue weighted by atomic mass is 31.2. The molecule has 614 valence electrons. The Morgan fingerprint density at radius 2 is 0.567 bits per heavy atom. The van der Waals surface area contributed by atoms with Gasteiger partial charge in [0.2, 0.25) is 0 Å². The van der Waals surface area contributed by atoms with E-state index >= 15 is 0 Å². The number of aliphatic hydroxyl groups excluding tert-OH is 1. The summed E-state index contributed by atoms with van der Waals surface area (Å²) in [5.41, 5.74) is 0. The fraction of sp³-hybridized carbons (Fsp3) is 0.906. The van der Waals surface area contributed by atoms with Gasteiger partial charge in [0, 0.05) is 25.7 Å². The number of phosphoric ester groups is 2. The van der Waals surface area contributed by atoms with Crippen molar-refractivity contribution in [2.75, 3.05) is 39.6 Å². The zero-order valence-electron chi connectivity index (χ0n) is 68.0. The van der Waals surface area contributed by atoms with Crippen molar-refractivity contribution in [1.29, 1.82) is 0 Å². The molecule has 104 heavy (non-hydrogen) atoms. The lowest BCUT2D eigenvalue weighted by atomic mass is 9.99. The monoisotopic (exact) mass is 1520 g/mol. The fourth-order valence-electron chi connectivity index (χ4n) is 12.6. The fourth-order valence-corrected chi connectivity index (χ4v) is 14.2. The molecule has 0 aliphatic rings. The molecule has 0 aromatic carbocycles. The standard InChI is InChI=1S/C85H162O17P2/c1-8-10-11-12-13-14-15-16-22-30-35-40-45-54-61-69-85(90)102-81(73-96-83(88)67-60-53-48-47-50-57-64-77(5)6)75-100-104(93,94)98-71-79(86)70-97-103(91,92)99-74-80(101-84(89)68-62-55-46-41-36-31-26-21-23-27-32-37-42-49-56-63-76(3)4)72-95-82(87)66-59-52-44-39-34-29-25-20-18-17-19-24-28-33-38-43-51-58-65-78(7)9-2/h14-16,22,76-81,86H,8-13,17-21,23-75H2,1-7H3,(H,91,92)(H,93,94)/b15-14-,22-16-/t78?,79-,80-,81-/m1/s1. The lowest BCUT2D eigenvalue weighted by Crippen LogP contribution is -2.30. The molecule has 0 aliphatic carbocycles. The number of esters is 4. The molecule has 17 nitrogen and oxygen atoms in total. The van der Waals surface area contributed by atoms with Gasteiger partial charge in [0.05, 0.1) is 26.4 Å². The summed E-state index contributed by atoms with van der Waals surface area (Å²) in [5.74, 6) is 0.210. The van der Waals surface area contributed by atoms with Gasteiger partial charge in [-0.1, -0.05) is 368 Å². The van der Waals surface area contributed by atoms with E-state index in [0.29, 0.717) is 31.6 Å². The summed E-state index contributed by atoms with van der Waals surface area (Å²) >= 11 is 0. The molecule has 0 radical (unpaired) electrons. The molecule has 0 heterocycles. The molecule has 0 spiro atoms. The highest BCUT2D eigenvalue weighted by molar-refractivity contribution is 7.47. The van der Waals surface area contributed by atoms with Gasteiger partial charge in [-0.2, -0.15) is 0 Å². The number of hydrogen-bond acceptors (Lipinski definition) is 15. The van der Waals surface area contributed by atoms with E-state index in [1.165, 1.54) is 212 Å². The topological polar surface area (TPSA) is 237 Å². The Hall–Kier alpha value is -2.46. The van der Waals surface area contributed by atoms with Gasteiger partial charge < -0.3 is 33.8 Å². The summed E-state index contributed by atoms with van der Waals surface area (Å²) in [7, 11) is -9.94. The van der Waals surface area contributed by atoms with E-state index in [4.69, 9.17) is 37.0 Å². The molecule has 0 aliphatic heterocycles. The summed E-state index contributed by atoms with van der Waals surface area (Å²) in [6.45, 7) is 11.9. The zero-order valence-corrected chi connectivity index (χ0v) is 69.8. The Bertz CT molecular complexity index is 2110. The van der Waals surface area contributed by atoms with E-state index in [1.807, 2.05) is 0 Å². The molecule has 6 atom stereocenters. The van der Waals surface area contributed by atoms with Crippen LogP contribution in [0.3, 0.4) is 0 Å². The summed E-state index contributed by atoms with van der Waals surface area (Å²) in [4.78, 5) is 73.1. The van der Waals surface area contributed by atoms with E-state index in [-0.39, 0.29) is 25.7 Å². The third kappa shape index (κ3) is 76.3. The molecule has 0 aromatic heterocycles. The van der Waals surface area contributed by atoms with Crippen LogP contribution in [-0.4, -0.2) is 96.7 Å². The number of allylic oxidation sites excluding steroid dienone is 4. The van der Waals surface area contributed by atoms with Crippen LogP contribution in [0.2, 0.25) is 0 Å². The maximum atomic E-state index is 13.1. The van der Waals surface area contributed by atoms with Gasteiger partial charge >= 0.3 is 39.5 Å². The number of unbranched alkanes of at least 4 members (excludes halogenated alkanes) is 45. The largest absolute Gasteiger partial charge is 0.472 e. The summed E-state index contributed by atoms with van der Waals surface area (Å²) in [5, 5.41) is 10.7. The van der Waals surface area contributed by atoms with Gasteiger partial charge in [0.15, 0.2) is 12.2 Å². The van der Waals surface area contributed by atoms with Crippen molar-refractivity contribution >= 4 is 39.5 Å². The summed E-state index contributed by atoms with van der Waals surface area (Å²) < 4.78 is 68.7. The highest BCUT2D eigenvalue weighted by Crippen LogP contribution is 2.45. The van der Waals surface area contributed by atoms with Crippen molar-refractivity contribution in [3.63, 3.8) is 0 Å². The minimum Gasteiger partial charge on any atom is -0.462 e. The van der Waals surface area contributed by atoms with Crippen molar-refractivity contribution in [2.24, 2.45) is 17.8 Å². The first kappa shape index (κ1) is 102. The molecular weight excluding hydrogens is 1350 g/mol. The summed E-state index contributed by atoms with van der Waals surface area (Å²) in [6, 6.07) is 0. The molecule has 0 aromatic rings. The molecular formula is C85H162O17P2. The van der Waals surface area contributed by atoms with Crippen LogP contribution in [0.4, 0.5) is 0 Å². The first-order valence-electron chi connectivity index (χ1n) is 43.2. The van der Waals surface area contributed by atoms with E-state index in [9.17, 15) is 43.2 Å². The van der Waals surface area contributed by atoms with Crippen molar-refractivity contribution in [3.05, 3.63) is 24.3 Å². The van der Waals surface area contributed by atoms with Gasteiger partial charge in [0.25, 0.3) is 0 Å². The van der Waals surface area contributed by atoms with E-state index < -0.39 is 97.5 Å². The number of carbonyl (C=O) groups excluding carboxylic acids is 4. The second-order valence-electron chi connectivity index (χ2n) is 31.1. The minimum atomic E-state index is -4.97. The summed E-state index contributed by atoms with van der Waals surface area (Å²) in [6.07, 6.45) is 67.7.